The zero-order valence-electron chi connectivity index (χ0n) is 12.6. The molecule has 1 aromatic carbocycles. The predicted molar refractivity (Wildman–Crippen MR) is 79.5 cm³/mol. The molecule has 0 saturated heterocycles. The normalized spacial score (nSPS) is 10.7. The van der Waals surface area contributed by atoms with Gasteiger partial charge in [0.2, 0.25) is 0 Å². The van der Waals surface area contributed by atoms with E-state index in [1.165, 1.54) is 0 Å². The Morgan fingerprint density at radius 2 is 1.95 bits per heavy atom. The van der Waals surface area contributed by atoms with Crippen LogP contribution in [0.25, 0.3) is 5.69 Å². The first-order valence-corrected chi connectivity index (χ1v) is 6.97. The minimum Gasteiger partial charge on any atom is -0.395 e. The van der Waals surface area contributed by atoms with Crippen molar-refractivity contribution in [2.45, 2.75) is 20.8 Å². The summed E-state index contributed by atoms with van der Waals surface area (Å²) in [6.07, 6.45) is 0. The average molecular weight is 288 g/mol. The first kappa shape index (κ1) is 15.2. The van der Waals surface area contributed by atoms with Crippen molar-refractivity contribution in [2.75, 3.05) is 19.7 Å². The second-order valence-electron chi connectivity index (χ2n) is 4.77. The van der Waals surface area contributed by atoms with Crippen LogP contribution in [0.5, 0.6) is 0 Å². The van der Waals surface area contributed by atoms with Crippen molar-refractivity contribution in [3.8, 4) is 5.69 Å². The van der Waals surface area contributed by atoms with E-state index in [9.17, 15) is 4.79 Å². The molecule has 6 nitrogen and oxygen atoms in total. The van der Waals surface area contributed by atoms with E-state index in [1.54, 1.807) is 21.7 Å². The van der Waals surface area contributed by atoms with Gasteiger partial charge in [0.15, 0.2) is 0 Å². The molecule has 6 heteroatoms. The lowest BCUT2D eigenvalue weighted by atomic mass is 10.2. The molecule has 1 amide bonds. The predicted octanol–water partition coefficient (Wildman–Crippen LogP) is 1.34. The Bertz CT molecular complexity index is 619. The second kappa shape index (κ2) is 6.49. The molecule has 0 saturated carbocycles. The lowest BCUT2D eigenvalue weighted by Crippen LogP contribution is -2.33. The van der Waals surface area contributed by atoms with Crippen LogP contribution in [0.4, 0.5) is 0 Å². The SMILES string of the molecule is CCN(CCO)C(=O)c1ccc(-n2nc(C)nc2C)cc1. The average Bonchev–Trinajstić information content (AvgIpc) is 2.83. The molecule has 0 bridgehead atoms. The Morgan fingerprint density at radius 1 is 1.29 bits per heavy atom. The van der Waals surface area contributed by atoms with E-state index in [2.05, 4.69) is 10.1 Å². The molecule has 0 fully saturated rings. The van der Waals surface area contributed by atoms with Gasteiger partial charge in [-0.2, -0.15) is 5.10 Å². The summed E-state index contributed by atoms with van der Waals surface area (Å²) in [4.78, 5) is 18.1. The zero-order valence-corrected chi connectivity index (χ0v) is 12.6. The molecule has 0 unspecified atom stereocenters. The number of hydrogen-bond donors (Lipinski definition) is 1. The van der Waals surface area contributed by atoms with Gasteiger partial charge in [-0.25, -0.2) is 9.67 Å². The van der Waals surface area contributed by atoms with Crippen LogP contribution in [0.15, 0.2) is 24.3 Å². The fraction of sp³-hybridized carbons (Fsp3) is 0.400. The molecule has 0 aliphatic heterocycles. The minimum atomic E-state index is -0.0791. The molecule has 2 aromatic rings. The largest absolute Gasteiger partial charge is 0.395 e. The highest BCUT2D eigenvalue weighted by molar-refractivity contribution is 5.94. The molecule has 1 heterocycles. The smallest absolute Gasteiger partial charge is 0.253 e. The van der Waals surface area contributed by atoms with Crippen LogP contribution in [0.2, 0.25) is 0 Å². The second-order valence-corrected chi connectivity index (χ2v) is 4.77. The number of rotatable bonds is 5. The first-order valence-electron chi connectivity index (χ1n) is 6.97. The molecule has 1 aromatic heterocycles. The van der Waals surface area contributed by atoms with E-state index in [0.717, 1.165) is 11.5 Å². The topological polar surface area (TPSA) is 71.2 Å². The third-order valence-electron chi connectivity index (χ3n) is 3.27. The van der Waals surface area contributed by atoms with Crippen LogP contribution in [0.1, 0.15) is 28.9 Å². The standard InChI is InChI=1S/C15H20N4O2/c1-4-18(9-10-20)15(21)13-5-7-14(8-6-13)19-12(3)16-11(2)17-19/h5-8,20H,4,9-10H2,1-3H3. The Morgan fingerprint density at radius 3 is 2.43 bits per heavy atom. The monoisotopic (exact) mass is 288 g/mol. The van der Waals surface area contributed by atoms with Gasteiger partial charge in [0.1, 0.15) is 11.6 Å². The van der Waals surface area contributed by atoms with Gasteiger partial charge >= 0.3 is 0 Å². The van der Waals surface area contributed by atoms with Crippen LogP contribution in [0.3, 0.4) is 0 Å². The first-order chi connectivity index (χ1) is 10.1. The van der Waals surface area contributed by atoms with Crippen LogP contribution in [-0.4, -0.2) is 50.4 Å². The van der Waals surface area contributed by atoms with Crippen LogP contribution < -0.4 is 0 Å². The van der Waals surface area contributed by atoms with Crippen molar-refractivity contribution in [3.05, 3.63) is 41.5 Å². The van der Waals surface area contributed by atoms with Gasteiger partial charge in [-0.1, -0.05) is 0 Å². The van der Waals surface area contributed by atoms with Gasteiger partial charge in [0.05, 0.1) is 12.3 Å². The summed E-state index contributed by atoms with van der Waals surface area (Å²) in [5.41, 5.74) is 1.47. The van der Waals surface area contributed by atoms with Gasteiger partial charge in [0.25, 0.3) is 5.91 Å². The Labute approximate surface area is 124 Å². The summed E-state index contributed by atoms with van der Waals surface area (Å²) in [5.74, 6) is 1.44. The molecule has 2 rings (SSSR count). The van der Waals surface area contributed by atoms with E-state index in [-0.39, 0.29) is 12.5 Å². The third kappa shape index (κ3) is 3.28. The fourth-order valence-corrected chi connectivity index (χ4v) is 2.22. The van der Waals surface area contributed by atoms with E-state index >= 15 is 0 Å². The van der Waals surface area contributed by atoms with Gasteiger partial charge in [-0.05, 0) is 45.0 Å². The Balaban J connectivity index is 2.22. The summed E-state index contributed by atoms with van der Waals surface area (Å²) < 4.78 is 1.74. The molecule has 21 heavy (non-hydrogen) atoms. The molecule has 1 N–H and O–H groups in total. The van der Waals surface area contributed by atoms with E-state index < -0.39 is 0 Å². The van der Waals surface area contributed by atoms with Gasteiger partial charge < -0.3 is 10.0 Å². The number of hydrogen-bond acceptors (Lipinski definition) is 4. The molecule has 0 aliphatic rings. The van der Waals surface area contributed by atoms with Crippen LogP contribution >= 0.6 is 0 Å². The summed E-state index contributed by atoms with van der Waals surface area (Å²) in [5, 5.41) is 13.3. The highest BCUT2D eigenvalue weighted by Gasteiger charge is 2.14. The summed E-state index contributed by atoms with van der Waals surface area (Å²) >= 11 is 0. The summed E-state index contributed by atoms with van der Waals surface area (Å²) in [6.45, 7) is 6.51. The zero-order chi connectivity index (χ0) is 15.4. The number of aromatic nitrogens is 3. The minimum absolute atomic E-state index is 0.0326. The number of aliphatic hydroxyl groups excluding tert-OH is 1. The quantitative estimate of drug-likeness (QED) is 0.901. The third-order valence-corrected chi connectivity index (χ3v) is 3.27. The van der Waals surface area contributed by atoms with E-state index in [4.69, 9.17) is 5.11 Å². The van der Waals surface area contributed by atoms with Crippen molar-refractivity contribution in [1.29, 1.82) is 0 Å². The fourth-order valence-electron chi connectivity index (χ4n) is 2.22. The lowest BCUT2D eigenvalue weighted by Gasteiger charge is -2.19. The maximum absolute atomic E-state index is 12.3. The number of aliphatic hydroxyl groups is 1. The van der Waals surface area contributed by atoms with Gasteiger partial charge in [-0.15, -0.1) is 0 Å². The molecular weight excluding hydrogens is 268 g/mol. The maximum Gasteiger partial charge on any atom is 0.253 e. The van der Waals surface area contributed by atoms with Crippen molar-refractivity contribution in [2.24, 2.45) is 0 Å². The lowest BCUT2D eigenvalue weighted by molar-refractivity contribution is 0.0732. The van der Waals surface area contributed by atoms with Crippen molar-refractivity contribution in [3.63, 3.8) is 0 Å². The van der Waals surface area contributed by atoms with Crippen molar-refractivity contribution < 1.29 is 9.90 Å². The van der Waals surface area contributed by atoms with Gasteiger partial charge in [-0.3, -0.25) is 4.79 Å². The van der Waals surface area contributed by atoms with E-state index in [1.807, 2.05) is 32.9 Å². The van der Waals surface area contributed by atoms with Crippen LogP contribution in [0, 0.1) is 13.8 Å². The maximum atomic E-state index is 12.3. The number of carbonyl (C=O) groups excluding carboxylic acids is 1. The molecule has 0 atom stereocenters. The number of carbonyl (C=O) groups is 1. The molecular formula is C15H20N4O2. The van der Waals surface area contributed by atoms with Crippen LogP contribution in [-0.2, 0) is 0 Å². The van der Waals surface area contributed by atoms with E-state index in [0.29, 0.717) is 24.5 Å². The summed E-state index contributed by atoms with van der Waals surface area (Å²) in [7, 11) is 0. The number of likely N-dealkylation sites (N-methyl/N-ethyl adjacent to an activating group) is 1. The number of amides is 1. The number of aryl methyl sites for hydroxylation is 2. The molecule has 112 valence electrons. The molecule has 0 spiro atoms. The van der Waals surface area contributed by atoms with Gasteiger partial charge in [0, 0.05) is 18.7 Å². The summed E-state index contributed by atoms with van der Waals surface area (Å²) in [6, 6.07) is 7.24. The Hall–Kier alpha value is -2.21. The highest BCUT2D eigenvalue weighted by atomic mass is 16.3. The number of benzene rings is 1. The van der Waals surface area contributed by atoms with Crippen molar-refractivity contribution in [1.82, 2.24) is 19.7 Å². The molecule has 0 radical (unpaired) electrons. The molecule has 0 aliphatic carbocycles. The highest BCUT2D eigenvalue weighted by Crippen LogP contribution is 2.12. The number of nitrogens with zero attached hydrogens (tertiary/aromatic N) is 4. The Kier molecular flexibility index (Phi) is 4.70. The van der Waals surface area contributed by atoms with Crippen molar-refractivity contribution >= 4 is 5.91 Å².